The van der Waals surface area contributed by atoms with Crippen LogP contribution in [0.2, 0.25) is 0 Å². The van der Waals surface area contributed by atoms with Gasteiger partial charge in [-0.05, 0) is 54.6 Å². The number of H-pyrrole nitrogens is 1. The molecule has 0 aromatic carbocycles. The molecular weight excluding hydrogens is 334 g/mol. The number of halogens is 1. The number of hydrogen-bond acceptors (Lipinski definition) is 3. The van der Waals surface area contributed by atoms with Gasteiger partial charge in [0.15, 0.2) is 5.78 Å². The van der Waals surface area contributed by atoms with Crippen molar-refractivity contribution in [2.75, 3.05) is 0 Å². The van der Waals surface area contributed by atoms with Crippen molar-refractivity contribution in [2.45, 2.75) is 59.5 Å². The molecule has 0 aliphatic carbocycles. The minimum absolute atomic E-state index is 0.0676. The van der Waals surface area contributed by atoms with E-state index in [0.29, 0.717) is 16.0 Å². The predicted molar refractivity (Wildman–Crippen MR) is 89.8 cm³/mol. The lowest BCUT2D eigenvalue weighted by Crippen LogP contribution is -2.15. The highest BCUT2D eigenvalue weighted by Crippen LogP contribution is 2.16. The fourth-order valence-corrected chi connectivity index (χ4v) is 2.39. The first-order valence-corrected chi connectivity index (χ1v) is 8.19. The smallest absolute Gasteiger partial charge is 0.262 e. The predicted octanol–water partition coefficient (Wildman–Crippen LogP) is 3.92. The second-order valence-corrected chi connectivity index (χ2v) is 6.05. The molecule has 0 spiro atoms. The van der Waals surface area contributed by atoms with Crippen molar-refractivity contribution < 1.29 is 9.90 Å². The van der Waals surface area contributed by atoms with Crippen LogP contribution in [0.1, 0.15) is 63.7 Å². The minimum Gasteiger partial charge on any atom is -0.393 e. The van der Waals surface area contributed by atoms with E-state index >= 15 is 0 Å². The fraction of sp³-hybridized carbons (Fsp3) is 0.625. The summed E-state index contributed by atoms with van der Waals surface area (Å²) in [5.41, 5.74) is 0.270. The first-order chi connectivity index (χ1) is 9.83. The summed E-state index contributed by atoms with van der Waals surface area (Å²) in [6.45, 7) is 7.69. The summed E-state index contributed by atoms with van der Waals surface area (Å²) in [4.78, 5) is 24.0. The van der Waals surface area contributed by atoms with Gasteiger partial charge in [0, 0.05) is 11.8 Å². The molecule has 2 N–H and O–H groups in total. The number of aliphatic hydroxyl groups excluding tert-OH is 1. The Morgan fingerprint density at radius 2 is 1.86 bits per heavy atom. The van der Waals surface area contributed by atoms with Gasteiger partial charge in [-0.15, -0.1) is 0 Å². The summed E-state index contributed by atoms with van der Waals surface area (Å²) in [7, 11) is 0. The van der Waals surface area contributed by atoms with Gasteiger partial charge >= 0.3 is 0 Å². The highest BCUT2D eigenvalue weighted by atomic mass is 79.9. The Bertz CT molecular complexity index is 477. The fourth-order valence-electron chi connectivity index (χ4n) is 2.03. The van der Waals surface area contributed by atoms with Crippen LogP contribution in [0.15, 0.2) is 21.5 Å². The Balaban J connectivity index is 0.000000384. The van der Waals surface area contributed by atoms with Crippen molar-refractivity contribution >= 4 is 21.7 Å². The molecule has 1 heterocycles. The van der Waals surface area contributed by atoms with E-state index in [4.69, 9.17) is 0 Å². The number of aromatic amines is 1. The van der Waals surface area contributed by atoms with Gasteiger partial charge in [0.25, 0.3) is 5.56 Å². The van der Waals surface area contributed by atoms with Crippen molar-refractivity contribution in [1.29, 1.82) is 0 Å². The highest BCUT2D eigenvalue weighted by molar-refractivity contribution is 9.10. The third-order valence-corrected chi connectivity index (χ3v) is 3.85. The standard InChI is InChI=1S/C9H20O.C7H6BrNO2/c1-4-6-9(7-5-2)8(3)10;1-4(10)5-2-6(8)7(11)9-3-5/h8-10H,4-7H2,1-3H3;2-3H,1H3,(H,9,11). The summed E-state index contributed by atoms with van der Waals surface area (Å²) in [5, 5.41) is 9.27. The average Bonchev–Trinajstić information content (AvgIpc) is 2.42. The Morgan fingerprint density at radius 1 is 1.33 bits per heavy atom. The SMILES string of the molecule is CC(=O)c1c[nH]c(=O)c(Br)c1.CCCC(CCC)C(C)O. The van der Waals surface area contributed by atoms with Gasteiger partial charge < -0.3 is 10.1 Å². The Hall–Kier alpha value is -0.940. The number of carbonyl (C=O) groups is 1. The molecule has 0 aliphatic heterocycles. The number of Topliss-reactive ketones (excluding diaryl/α,β-unsaturated/α-hetero) is 1. The largest absolute Gasteiger partial charge is 0.393 e. The van der Waals surface area contributed by atoms with Crippen molar-refractivity contribution in [1.82, 2.24) is 4.98 Å². The molecule has 1 aromatic rings. The van der Waals surface area contributed by atoms with Crippen LogP contribution in [0.3, 0.4) is 0 Å². The molecule has 1 unspecified atom stereocenters. The Labute approximate surface area is 135 Å². The summed E-state index contributed by atoms with van der Waals surface area (Å²) in [5.74, 6) is 0.469. The van der Waals surface area contributed by atoms with Crippen molar-refractivity contribution in [2.24, 2.45) is 5.92 Å². The zero-order chi connectivity index (χ0) is 16.4. The monoisotopic (exact) mass is 359 g/mol. The van der Waals surface area contributed by atoms with Crippen LogP contribution in [0, 0.1) is 5.92 Å². The van der Waals surface area contributed by atoms with Crippen molar-refractivity contribution in [3.8, 4) is 0 Å². The lowest BCUT2D eigenvalue weighted by Gasteiger charge is -2.17. The second kappa shape index (κ2) is 10.7. The van der Waals surface area contributed by atoms with Crippen LogP contribution in [0.4, 0.5) is 0 Å². The normalized spacial score (nSPS) is 11.8. The van der Waals surface area contributed by atoms with E-state index in [2.05, 4.69) is 34.8 Å². The third-order valence-electron chi connectivity index (χ3n) is 3.27. The molecule has 0 fully saturated rings. The maximum atomic E-state index is 10.8. The molecule has 1 atom stereocenters. The molecule has 0 bridgehead atoms. The molecule has 5 heteroatoms. The molecule has 120 valence electrons. The van der Waals surface area contributed by atoms with Crippen molar-refractivity contribution in [3.05, 3.63) is 32.7 Å². The highest BCUT2D eigenvalue weighted by Gasteiger charge is 2.11. The van der Waals surface area contributed by atoms with Crippen LogP contribution in [-0.4, -0.2) is 22.0 Å². The summed E-state index contributed by atoms with van der Waals surface area (Å²) >= 11 is 3.02. The first-order valence-electron chi connectivity index (χ1n) is 7.40. The van der Waals surface area contributed by atoms with Crippen LogP contribution in [0.25, 0.3) is 0 Å². The second-order valence-electron chi connectivity index (χ2n) is 5.20. The van der Waals surface area contributed by atoms with Gasteiger partial charge in [-0.3, -0.25) is 9.59 Å². The van der Waals surface area contributed by atoms with Crippen LogP contribution in [0.5, 0.6) is 0 Å². The number of aliphatic hydroxyl groups is 1. The van der Waals surface area contributed by atoms with E-state index in [-0.39, 0.29) is 17.4 Å². The number of nitrogens with one attached hydrogen (secondary N) is 1. The third kappa shape index (κ3) is 8.17. The number of pyridine rings is 1. The average molecular weight is 360 g/mol. The topological polar surface area (TPSA) is 70.2 Å². The van der Waals surface area contributed by atoms with E-state index in [1.165, 1.54) is 44.9 Å². The number of hydrogen-bond donors (Lipinski definition) is 2. The van der Waals surface area contributed by atoms with Gasteiger partial charge in [0.2, 0.25) is 0 Å². The molecule has 21 heavy (non-hydrogen) atoms. The number of rotatable bonds is 6. The Kier molecular flexibility index (Phi) is 10.3. The quantitative estimate of drug-likeness (QED) is 0.756. The van der Waals surface area contributed by atoms with Crippen LogP contribution >= 0.6 is 15.9 Å². The summed E-state index contributed by atoms with van der Waals surface area (Å²) in [6, 6.07) is 1.50. The van der Waals surface area contributed by atoms with Gasteiger partial charge in [0.05, 0.1) is 10.6 Å². The lowest BCUT2D eigenvalue weighted by molar-refractivity contribution is 0.101. The van der Waals surface area contributed by atoms with Gasteiger partial charge in [-0.25, -0.2) is 0 Å². The van der Waals surface area contributed by atoms with E-state index in [1.54, 1.807) is 0 Å². The van der Waals surface area contributed by atoms with E-state index in [0.717, 1.165) is 0 Å². The van der Waals surface area contributed by atoms with Gasteiger partial charge in [-0.1, -0.05) is 26.7 Å². The zero-order valence-corrected chi connectivity index (χ0v) is 14.9. The molecule has 4 nitrogen and oxygen atoms in total. The number of aromatic nitrogens is 1. The van der Waals surface area contributed by atoms with Crippen molar-refractivity contribution in [3.63, 3.8) is 0 Å². The molecule has 1 aromatic heterocycles. The molecule has 0 aliphatic rings. The molecular formula is C16H26BrNO3. The number of carbonyl (C=O) groups excluding carboxylic acids is 1. The lowest BCUT2D eigenvalue weighted by atomic mass is 9.93. The molecule has 0 saturated carbocycles. The van der Waals surface area contributed by atoms with Crippen LogP contribution in [-0.2, 0) is 0 Å². The maximum absolute atomic E-state index is 10.8. The van der Waals surface area contributed by atoms with Crippen LogP contribution < -0.4 is 5.56 Å². The Morgan fingerprint density at radius 3 is 2.19 bits per heavy atom. The molecule has 1 rings (SSSR count). The summed E-state index contributed by atoms with van der Waals surface area (Å²) < 4.78 is 0.380. The maximum Gasteiger partial charge on any atom is 0.262 e. The zero-order valence-electron chi connectivity index (χ0n) is 13.3. The van der Waals surface area contributed by atoms with E-state index in [1.807, 2.05) is 6.92 Å². The molecule has 0 amide bonds. The molecule has 0 radical (unpaired) electrons. The van der Waals surface area contributed by atoms with Gasteiger partial charge in [-0.2, -0.15) is 0 Å². The minimum atomic E-state index is -0.227. The summed E-state index contributed by atoms with van der Waals surface area (Å²) in [6.07, 6.45) is 6.01. The molecule has 0 saturated heterocycles. The number of ketones is 1. The van der Waals surface area contributed by atoms with E-state index in [9.17, 15) is 14.7 Å². The first kappa shape index (κ1) is 20.1. The van der Waals surface area contributed by atoms with Gasteiger partial charge in [0.1, 0.15) is 0 Å². The van der Waals surface area contributed by atoms with E-state index < -0.39 is 0 Å².